The number of aryl methyl sites for hydroxylation is 1. The average molecular weight is 538 g/mol. The van der Waals surface area contributed by atoms with Crippen molar-refractivity contribution in [3.8, 4) is 5.75 Å². The number of hydrogen-bond acceptors (Lipinski definition) is 10. The summed E-state index contributed by atoms with van der Waals surface area (Å²) in [5, 5.41) is 22.4. The van der Waals surface area contributed by atoms with Crippen molar-refractivity contribution in [3.05, 3.63) is 58.1 Å². The predicted octanol–water partition coefficient (Wildman–Crippen LogP) is 4.10. The molecule has 0 bridgehead atoms. The van der Waals surface area contributed by atoms with Gasteiger partial charge in [-0.25, -0.2) is 8.42 Å². The van der Waals surface area contributed by atoms with Crippen LogP contribution in [0.5, 0.6) is 5.75 Å². The Labute approximate surface area is 210 Å². The highest BCUT2D eigenvalue weighted by atomic mass is 32.2. The maximum atomic E-state index is 13.6. The maximum Gasteiger partial charge on any atom is 0.273 e. The molecule has 35 heavy (non-hydrogen) atoms. The number of rotatable bonds is 10. The molecule has 0 atom stereocenters. The molecule has 3 rings (SSSR count). The second kappa shape index (κ2) is 11.0. The number of amides is 1. The van der Waals surface area contributed by atoms with Crippen LogP contribution in [0.3, 0.4) is 0 Å². The van der Waals surface area contributed by atoms with E-state index < -0.39 is 27.4 Å². The number of nitrogens with one attached hydrogen (secondary N) is 1. The Morgan fingerprint density at radius 1 is 1.23 bits per heavy atom. The highest BCUT2D eigenvalue weighted by Crippen LogP contribution is 2.30. The van der Waals surface area contributed by atoms with Crippen LogP contribution in [0.2, 0.25) is 0 Å². The number of anilines is 2. The predicted molar refractivity (Wildman–Crippen MR) is 135 cm³/mol. The van der Waals surface area contributed by atoms with Gasteiger partial charge in [0.25, 0.3) is 15.7 Å². The third-order valence-corrected chi connectivity index (χ3v) is 8.30. The number of methoxy groups -OCH3 is 1. The molecule has 0 aliphatic heterocycles. The molecule has 0 radical (unpaired) electrons. The summed E-state index contributed by atoms with van der Waals surface area (Å²) in [6.07, 6.45) is 0. The molecule has 0 aliphatic carbocycles. The van der Waals surface area contributed by atoms with Gasteiger partial charge in [-0.15, -0.1) is 10.2 Å². The Hall–Kier alpha value is -3.23. The van der Waals surface area contributed by atoms with Gasteiger partial charge in [-0.1, -0.05) is 43.0 Å². The van der Waals surface area contributed by atoms with E-state index in [1.54, 1.807) is 12.1 Å². The molecule has 186 valence electrons. The zero-order valence-corrected chi connectivity index (χ0v) is 21.7. The summed E-state index contributed by atoms with van der Waals surface area (Å²) < 4.78 is 33.8. The molecule has 0 spiro atoms. The molecule has 11 nitrogen and oxygen atoms in total. The highest BCUT2D eigenvalue weighted by Gasteiger charge is 2.29. The molecular formula is C21H23N5O6S3. The SMILES string of the molecule is COc1ccc(N(CC(=O)Nc2nnc(SC(C)C)s2)S(=O)(=O)c2ccc(C)c([N+](=O)[O-])c2)cc1. The first-order valence-corrected chi connectivity index (χ1v) is 13.4. The minimum atomic E-state index is -4.35. The monoisotopic (exact) mass is 537 g/mol. The number of sulfonamides is 1. The van der Waals surface area contributed by atoms with Crippen LogP contribution in [0.25, 0.3) is 0 Å². The maximum absolute atomic E-state index is 13.6. The van der Waals surface area contributed by atoms with Crippen molar-refractivity contribution in [1.29, 1.82) is 0 Å². The largest absolute Gasteiger partial charge is 0.497 e. The number of carbonyl (C=O) groups excluding carboxylic acids is 1. The Kier molecular flexibility index (Phi) is 8.30. The quantitative estimate of drug-likeness (QED) is 0.175. The summed E-state index contributed by atoms with van der Waals surface area (Å²) in [6.45, 7) is 4.91. The van der Waals surface area contributed by atoms with Gasteiger partial charge in [-0.3, -0.25) is 24.5 Å². The van der Waals surface area contributed by atoms with Gasteiger partial charge in [0.05, 0.1) is 22.6 Å². The molecule has 1 heterocycles. The Morgan fingerprint density at radius 3 is 2.51 bits per heavy atom. The van der Waals surface area contributed by atoms with E-state index in [2.05, 4.69) is 15.5 Å². The number of hydrogen-bond donors (Lipinski definition) is 1. The number of nitrogens with zero attached hydrogens (tertiary/aromatic N) is 4. The zero-order chi connectivity index (χ0) is 25.8. The highest BCUT2D eigenvalue weighted by molar-refractivity contribution is 8.01. The van der Waals surface area contributed by atoms with Crippen molar-refractivity contribution in [2.45, 2.75) is 35.3 Å². The number of benzene rings is 2. The second-order valence-corrected chi connectivity index (χ2v) is 12.2. The standard InChI is InChI=1S/C21H23N5O6S3/c1-13(2)33-21-24-23-20(34-21)22-19(27)12-25(15-6-8-16(32-4)9-7-15)35(30,31)17-10-5-14(3)18(11-17)26(28)29/h5-11,13H,12H2,1-4H3,(H,22,23,27). The first-order chi connectivity index (χ1) is 16.5. The summed E-state index contributed by atoms with van der Waals surface area (Å²) in [5.41, 5.74) is 0.153. The molecule has 14 heteroatoms. The molecule has 3 aromatic rings. The fraction of sp³-hybridized carbons (Fsp3) is 0.286. The van der Waals surface area contributed by atoms with E-state index in [-0.39, 0.29) is 26.7 Å². The fourth-order valence-corrected chi connectivity index (χ4v) is 6.37. The first kappa shape index (κ1) is 26.4. The number of aromatic nitrogens is 2. The van der Waals surface area contributed by atoms with E-state index in [0.29, 0.717) is 15.7 Å². The summed E-state index contributed by atoms with van der Waals surface area (Å²) in [6, 6.07) is 9.67. The number of nitro benzene ring substituents is 1. The molecule has 1 N–H and O–H groups in total. The van der Waals surface area contributed by atoms with Gasteiger partial charge >= 0.3 is 0 Å². The van der Waals surface area contributed by atoms with Crippen LogP contribution >= 0.6 is 23.1 Å². The van der Waals surface area contributed by atoms with Gasteiger partial charge in [-0.2, -0.15) is 0 Å². The first-order valence-electron chi connectivity index (χ1n) is 10.2. The fourth-order valence-electron chi connectivity index (χ4n) is 2.94. The molecule has 1 aromatic heterocycles. The van der Waals surface area contributed by atoms with Crippen LogP contribution in [0.1, 0.15) is 19.4 Å². The Bertz CT molecular complexity index is 1330. The van der Waals surface area contributed by atoms with Crippen molar-refractivity contribution in [1.82, 2.24) is 10.2 Å². The van der Waals surface area contributed by atoms with E-state index in [1.165, 1.54) is 61.4 Å². The van der Waals surface area contributed by atoms with Crippen LogP contribution in [-0.2, 0) is 14.8 Å². The third kappa shape index (κ3) is 6.46. The lowest BCUT2D eigenvalue weighted by molar-refractivity contribution is -0.385. The summed E-state index contributed by atoms with van der Waals surface area (Å²) in [4.78, 5) is 23.2. The lowest BCUT2D eigenvalue weighted by Crippen LogP contribution is -2.38. The van der Waals surface area contributed by atoms with Crippen molar-refractivity contribution >= 4 is 55.5 Å². The molecule has 0 aliphatic rings. The van der Waals surface area contributed by atoms with Crippen LogP contribution in [0.4, 0.5) is 16.5 Å². The lowest BCUT2D eigenvalue weighted by Gasteiger charge is -2.24. The molecule has 0 saturated carbocycles. The smallest absolute Gasteiger partial charge is 0.273 e. The van der Waals surface area contributed by atoms with Gasteiger partial charge in [0, 0.05) is 16.9 Å². The van der Waals surface area contributed by atoms with Crippen molar-refractivity contribution < 1.29 is 22.9 Å². The van der Waals surface area contributed by atoms with Crippen LogP contribution < -0.4 is 14.4 Å². The van der Waals surface area contributed by atoms with Crippen molar-refractivity contribution in [2.24, 2.45) is 0 Å². The van der Waals surface area contributed by atoms with Gasteiger partial charge in [0.2, 0.25) is 11.0 Å². The van der Waals surface area contributed by atoms with Crippen LogP contribution in [-0.4, -0.2) is 48.4 Å². The average Bonchev–Trinajstić information content (AvgIpc) is 3.23. The van der Waals surface area contributed by atoms with E-state index in [4.69, 9.17) is 4.74 Å². The van der Waals surface area contributed by atoms with Gasteiger partial charge < -0.3 is 4.74 Å². The van der Waals surface area contributed by atoms with E-state index in [1.807, 2.05) is 13.8 Å². The van der Waals surface area contributed by atoms with Gasteiger partial charge in [0.15, 0.2) is 4.34 Å². The van der Waals surface area contributed by atoms with Crippen molar-refractivity contribution in [3.63, 3.8) is 0 Å². The van der Waals surface area contributed by atoms with E-state index in [0.717, 1.165) is 10.4 Å². The van der Waals surface area contributed by atoms with Crippen molar-refractivity contribution in [2.75, 3.05) is 23.3 Å². The topological polar surface area (TPSA) is 145 Å². The summed E-state index contributed by atoms with van der Waals surface area (Å²) in [7, 11) is -2.89. The minimum Gasteiger partial charge on any atom is -0.497 e. The Morgan fingerprint density at radius 2 is 1.91 bits per heavy atom. The van der Waals surface area contributed by atoms with E-state index >= 15 is 0 Å². The number of thioether (sulfide) groups is 1. The zero-order valence-electron chi connectivity index (χ0n) is 19.3. The number of nitro groups is 1. The van der Waals surface area contributed by atoms with Crippen LogP contribution in [0, 0.1) is 17.0 Å². The molecular weight excluding hydrogens is 514 g/mol. The van der Waals surface area contributed by atoms with Crippen LogP contribution in [0.15, 0.2) is 51.7 Å². The normalized spacial score (nSPS) is 11.3. The van der Waals surface area contributed by atoms with E-state index in [9.17, 15) is 23.3 Å². The molecule has 2 aromatic carbocycles. The Balaban J connectivity index is 1.94. The molecule has 0 saturated heterocycles. The third-order valence-electron chi connectivity index (χ3n) is 4.60. The molecule has 0 fully saturated rings. The molecule has 0 unspecified atom stereocenters. The van der Waals surface area contributed by atoms with Gasteiger partial charge in [-0.05, 0) is 37.3 Å². The minimum absolute atomic E-state index is 0.178. The summed E-state index contributed by atoms with van der Waals surface area (Å²) in [5.74, 6) is -0.159. The number of carbonyl (C=O) groups is 1. The van der Waals surface area contributed by atoms with Gasteiger partial charge in [0.1, 0.15) is 12.3 Å². The second-order valence-electron chi connectivity index (χ2n) is 7.50. The number of ether oxygens (including phenoxy) is 1. The molecule has 1 amide bonds. The lowest BCUT2D eigenvalue weighted by atomic mass is 10.2. The summed E-state index contributed by atoms with van der Waals surface area (Å²) >= 11 is 2.66.